The maximum absolute atomic E-state index is 6.04. The predicted molar refractivity (Wildman–Crippen MR) is 75.6 cm³/mol. The second-order valence-electron chi connectivity index (χ2n) is 4.40. The lowest BCUT2D eigenvalue weighted by molar-refractivity contribution is 0.717. The standard InChI is InChI=1S/C12H13IN4/c1-7-15-16-12(17(7)9-3-4-9)10-6-8(13)2-5-11(10)14/h2,5-6,9H,3-4,14H2,1H3. The van der Waals surface area contributed by atoms with Gasteiger partial charge in [-0.3, -0.25) is 0 Å². The highest BCUT2D eigenvalue weighted by atomic mass is 127. The summed E-state index contributed by atoms with van der Waals surface area (Å²) in [4.78, 5) is 0. The highest BCUT2D eigenvalue weighted by Gasteiger charge is 2.29. The smallest absolute Gasteiger partial charge is 0.166 e. The van der Waals surface area contributed by atoms with Gasteiger partial charge in [-0.25, -0.2) is 0 Å². The highest BCUT2D eigenvalue weighted by molar-refractivity contribution is 14.1. The van der Waals surface area contributed by atoms with E-state index in [-0.39, 0.29) is 0 Å². The van der Waals surface area contributed by atoms with E-state index >= 15 is 0 Å². The van der Waals surface area contributed by atoms with Crippen LogP contribution in [0, 0.1) is 10.5 Å². The van der Waals surface area contributed by atoms with Crippen molar-refractivity contribution in [2.45, 2.75) is 25.8 Å². The van der Waals surface area contributed by atoms with Gasteiger partial charge in [0, 0.05) is 20.9 Å². The second kappa shape index (κ2) is 3.97. The molecule has 1 fully saturated rings. The molecule has 88 valence electrons. The van der Waals surface area contributed by atoms with Crippen molar-refractivity contribution in [3.63, 3.8) is 0 Å². The molecule has 3 rings (SSSR count). The molecule has 1 heterocycles. The van der Waals surface area contributed by atoms with Crippen LogP contribution in [-0.2, 0) is 0 Å². The van der Waals surface area contributed by atoms with E-state index in [0.717, 1.165) is 26.5 Å². The van der Waals surface area contributed by atoms with Crippen LogP contribution in [0.15, 0.2) is 18.2 Å². The van der Waals surface area contributed by atoms with Gasteiger partial charge in [-0.15, -0.1) is 10.2 Å². The molecule has 1 aromatic carbocycles. The van der Waals surface area contributed by atoms with Gasteiger partial charge in [-0.05, 0) is 60.6 Å². The monoisotopic (exact) mass is 340 g/mol. The molecule has 4 nitrogen and oxygen atoms in total. The molecule has 0 bridgehead atoms. The van der Waals surface area contributed by atoms with Crippen LogP contribution in [0.2, 0.25) is 0 Å². The van der Waals surface area contributed by atoms with Gasteiger partial charge in [-0.1, -0.05) is 0 Å². The normalized spacial score (nSPS) is 15.2. The topological polar surface area (TPSA) is 56.7 Å². The molecule has 17 heavy (non-hydrogen) atoms. The number of nitrogen functional groups attached to an aromatic ring is 1. The lowest BCUT2D eigenvalue weighted by atomic mass is 10.1. The number of aromatic nitrogens is 3. The van der Waals surface area contributed by atoms with E-state index in [4.69, 9.17) is 5.73 Å². The summed E-state index contributed by atoms with van der Waals surface area (Å²) < 4.78 is 3.37. The Balaban J connectivity index is 2.17. The van der Waals surface area contributed by atoms with Gasteiger partial charge >= 0.3 is 0 Å². The van der Waals surface area contributed by atoms with Crippen LogP contribution in [-0.4, -0.2) is 14.8 Å². The summed E-state index contributed by atoms with van der Waals surface area (Å²) in [7, 11) is 0. The fraction of sp³-hybridized carbons (Fsp3) is 0.333. The van der Waals surface area contributed by atoms with Gasteiger partial charge in [0.2, 0.25) is 0 Å². The number of rotatable bonds is 2. The number of benzene rings is 1. The quantitative estimate of drug-likeness (QED) is 0.676. The van der Waals surface area contributed by atoms with Gasteiger partial charge < -0.3 is 10.3 Å². The lowest BCUT2D eigenvalue weighted by Gasteiger charge is -2.09. The molecule has 0 aliphatic heterocycles. The van der Waals surface area contributed by atoms with Crippen LogP contribution in [0.1, 0.15) is 24.7 Å². The van der Waals surface area contributed by atoms with Crippen molar-refractivity contribution in [1.29, 1.82) is 0 Å². The molecule has 2 aromatic rings. The lowest BCUT2D eigenvalue weighted by Crippen LogP contribution is -2.02. The molecule has 0 saturated heterocycles. The zero-order valence-corrected chi connectivity index (χ0v) is 11.7. The van der Waals surface area contributed by atoms with Crippen molar-refractivity contribution in [2.24, 2.45) is 0 Å². The first-order chi connectivity index (χ1) is 8.16. The minimum atomic E-state index is 0.567. The number of halogens is 1. The fourth-order valence-corrected chi connectivity index (χ4v) is 2.54. The summed E-state index contributed by atoms with van der Waals surface area (Å²) in [6.45, 7) is 2.00. The number of aryl methyl sites for hydroxylation is 1. The van der Waals surface area contributed by atoms with Crippen molar-refractivity contribution in [2.75, 3.05) is 5.73 Å². The molecule has 1 saturated carbocycles. The van der Waals surface area contributed by atoms with Crippen molar-refractivity contribution in [3.05, 3.63) is 27.6 Å². The molecule has 0 atom stereocenters. The predicted octanol–water partition coefficient (Wildman–Crippen LogP) is 2.78. The number of hydrogen-bond donors (Lipinski definition) is 1. The summed E-state index contributed by atoms with van der Waals surface area (Å²) in [6.07, 6.45) is 2.44. The molecule has 1 aliphatic carbocycles. The Labute approximate surface area is 113 Å². The van der Waals surface area contributed by atoms with E-state index < -0.39 is 0 Å². The Hall–Kier alpha value is -1.11. The SMILES string of the molecule is Cc1nnc(-c2cc(I)ccc2N)n1C1CC1. The van der Waals surface area contributed by atoms with Gasteiger partial charge in [0.25, 0.3) is 0 Å². The maximum atomic E-state index is 6.04. The van der Waals surface area contributed by atoms with Crippen molar-refractivity contribution in [3.8, 4) is 11.4 Å². The summed E-state index contributed by atoms with van der Waals surface area (Å²) in [5.41, 5.74) is 7.79. The molecule has 0 spiro atoms. The Morgan fingerprint density at radius 2 is 2.12 bits per heavy atom. The van der Waals surface area contributed by atoms with E-state index in [9.17, 15) is 0 Å². The van der Waals surface area contributed by atoms with Crippen molar-refractivity contribution < 1.29 is 0 Å². The average Bonchev–Trinajstić information content (AvgIpc) is 3.06. The van der Waals surface area contributed by atoms with Gasteiger partial charge in [0.05, 0.1) is 0 Å². The minimum absolute atomic E-state index is 0.567. The molecule has 0 unspecified atom stereocenters. The molecule has 1 aliphatic rings. The van der Waals surface area contributed by atoms with E-state index in [1.807, 2.05) is 19.1 Å². The van der Waals surface area contributed by atoms with Crippen LogP contribution < -0.4 is 5.73 Å². The van der Waals surface area contributed by atoms with Gasteiger partial charge in [0.1, 0.15) is 5.82 Å². The van der Waals surface area contributed by atoms with E-state index in [1.54, 1.807) is 0 Å². The highest BCUT2D eigenvalue weighted by Crippen LogP contribution is 2.39. The van der Waals surface area contributed by atoms with Crippen LogP contribution >= 0.6 is 22.6 Å². The van der Waals surface area contributed by atoms with Crippen LogP contribution in [0.3, 0.4) is 0 Å². The Morgan fingerprint density at radius 3 is 2.82 bits per heavy atom. The third-order valence-electron chi connectivity index (χ3n) is 3.03. The maximum Gasteiger partial charge on any atom is 0.166 e. The second-order valence-corrected chi connectivity index (χ2v) is 5.65. The summed E-state index contributed by atoms with van der Waals surface area (Å²) >= 11 is 2.29. The summed E-state index contributed by atoms with van der Waals surface area (Å²) in [6, 6.07) is 6.57. The number of anilines is 1. The summed E-state index contributed by atoms with van der Waals surface area (Å²) in [5, 5.41) is 8.46. The first kappa shape index (κ1) is 11.0. The molecule has 2 N–H and O–H groups in total. The number of nitrogens with zero attached hydrogens (tertiary/aromatic N) is 3. The Morgan fingerprint density at radius 1 is 1.35 bits per heavy atom. The number of hydrogen-bond acceptors (Lipinski definition) is 3. The number of nitrogens with two attached hydrogens (primary N) is 1. The fourth-order valence-electron chi connectivity index (χ4n) is 2.05. The largest absolute Gasteiger partial charge is 0.398 e. The first-order valence-electron chi connectivity index (χ1n) is 5.63. The first-order valence-corrected chi connectivity index (χ1v) is 6.71. The molecular formula is C12H13IN4. The van der Waals surface area contributed by atoms with Crippen molar-refractivity contribution in [1.82, 2.24) is 14.8 Å². The zero-order chi connectivity index (χ0) is 12.0. The van der Waals surface area contributed by atoms with Crippen LogP contribution in [0.5, 0.6) is 0 Å². The molecule has 0 radical (unpaired) electrons. The molecule has 0 amide bonds. The molecule has 1 aromatic heterocycles. The zero-order valence-electron chi connectivity index (χ0n) is 9.52. The van der Waals surface area contributed by atoms with Gasteiger partial charge in [0.15, 0.2) is 5.82 Å². The Kier molecular flexibility index (Phi) is 2.57. The van der Waals surface area contributed by atoms with E-state index in [0.29, 0.717) is 6.04 Å². The molecular weight excluding hydrogens is 327 g/mol. The van der Waals surface area contributed by atoms with Gasteiger partial charge in [-0.2, -0.15) is 0 Å². The Bertz CT molecular complexity index is 572. The van der Waals surface area contributed by atoms with Crippen molar-refractivity contribution >= 4 is 28.3 Å². The summed E-state index contributed by atoms with van der Waals surface area (Å²) in [5.74, 6) is 1.88. The van der Waals surface area contributed by atoms with Crippen LogP contribution in [0.25, 0.3) is 11.4 Å². The van der Waals surface area contributed by atoms with E-state index in [2.05, 4.69) is 43.4 Å². The molecule has 5 heteroatoms. The third kappa shape index (κ3) is 1.92. The minimum Gasteiger partial charge on any atom is -0.398 e. The van der Waals surface area contributed by atoms with E-state index in [1.165, 1.54) is 12.8 Å². The third-order valence-corrected chi connectivity index (χ3v) is 3.71. The average molecular weight is 340 g/mol. The van der Waals surface area contributed by atoms with Crippen LogP contribution in [0.4, 0.5) is 5.69 Å².